The molecule has 8 heteroatoms. The molecule has 0 fully saturated rings. The predicted octanol–water partition coefficient (Wildman–Crippen LogP) is 3.90. The normalized spacial score (nSPS) is 13.6. The van der Waals surface area contributed by atoms with E-state index in [-0.39, 0.29) is 11.7 Å². The minimum absolute atomic E-state index is 0.0149. The van der Waals surface area contributed by atoms with Gasteiger partial charge in [0.15, 0.2) is 0 Å². The molecule has 0 unspecified atom stereocenters. The highest BCUT2D eigenvalue weighted by molar-refractivity contribution is 7.91. The number of anilines is 1. The van der Waals surface area contributed by atoms with Crippen LogP contribution in [0.4, 0.5) is 5.69 Å². The van der Waals surface area contributed by atoms with Gasteiger partial charge in [0.25, 0.3) is 5.91 Å². The number of ether oxygens (including phenoxy) is 1. The van der Waals surface area contributed by atoms with Gasteiger partial charge in [-0.15, -0.1) is 11.3 Å². The van der Waals surface area contributed by atoms with Gasteiger partial charge in [-0.05, 0) is 58.8 Å². The lowest BCUT2D eigenvalue weighted by Gasteiger charge is -2.29. The number of hydrogen-bond acceptors (Lipinski definition) is 5. The van der Waals surface area contributed by atoms with E-state index < -0.39 is 10.0 Å². The van der Waals surface area contributed by atoms with Gasteiger partial charge in [-0.3, -0.25) is 9.52 Å². The topological polar surface area (TPSA) is 75.7 Å². The maximum atomic E-state index is 12.6. The average molecular weight is 443 g/mol. The molecule has 6 nitrogen and oxygen atoms in total. The molecule has 30 heavy (non-hydrogen) atoms. The lowest BCUT2D eigenvalue weighted by molar-refractivity contribution is 0.0739. The molecular formula is C22H22N2O4S2. The molecule has 1 aliphatic rings. The van der Waals surface area contributed by atoms with Crippen LogP contribution in [0.2, 0.25) is 0 Å². The Bertz CT molecular complexity index is 1140. The van der Waals surface area contributed by atoms with Crippen LogP contribution in [0.5, 0.6) is 5.75 Å². The molecular weight excluding hydrogens is 420 g/mol. The molecule has 0 aliphatic carbocycles. The first-order valence-corrected chi connectivity index (χ1v) is 12.0. The van der Waals surface area contributed by atoms with Gasteiger partial charge in [0.05, 0.1) is 17.7 Å². The molecule has 0 atom stereocenters. The van der Waals surface area contributed by atoms with Crippen molar-refractivity contribution in [2.45, 2.75) is 18.7 Å². The van der Waals surface area contributed by atoms with Gasteiger partial charge in [-0.25, -0.2) is 8.42 Å². The molecule has 1 aliphatic heterocycles. The van der Waals surface area contributed by atoms with Gasteiger partial charge >= 0.3 is 0 Å². The summed E-state index contributed by atoms with van der Waals surface area (Å²) in [6, 6.07) is 16.2. The summed E-state index contributed by atoms with van der Waals surface area (Å²) in [5.74, 6) is 0.568. The molecule has 0 saturated heterocycles. The van der Waals surface area contributed by atoms with Crippen LogP contribution in [0.3, 0.4) is 0 Å². The summed E-state index contributed by atoms with van der Waals surface area (Å²) in [6.45, 7) is 1.13. The molecule has 0 bridgehead atoms. The van der Waals surface area contributed by atoms with Crippen LogP contribution < -0.4 is 9.46 Å². The van der Waals surface area contributed by atoms with Crippen LogP contribution in [-0.4, -0.2) is 32.9 Å². The second kappa shape index (κ2) is 8.49. The Kier molecular flexibility index (Phi) is 5.78. The lowest BCUT2D eigenvalue weighted by Crippen LogP contribution is -2.35. The second-order valence-electron chi connectivity index (χ2n) is 7.15. The number of nitrogens with one attached hydrogen (secondary N) is 1. The molecule has 0 radical (unpaired) electrons. The number of sulfonamides is 1. The Morgan fingerprint density at radius 3 is 2.63 bits per heavy atom. The average Bonchev–Trinajstić information content (AvgIpc) is 3.27. The van der Waals surface area contributed by atoms with Crippen LogP contribution in [-0.2, 0) is 28.7 Å². The zero-order chi connectivity index (χ0) is 21.1. The third kappa shape index (κ3) is 4.66. The summed E-state index contributed by atoms with van der Waals surface area (Å²) in [5, 5.41) is 1.89. The van der Waals surface area contributed by atoms with Crippen molar-refractivity contribution in [3.05, 3.63) is 81.5 Å². The maximum absolute atomic E-state index is 12.6. The summed E-state index contributed by atoms with van der Waals surface area (Å²) in [5.41, 5.74) is 3.29. The van der Waals surface area contributed by atoms with Gasteiger partial charge in [-0.2, -0.15) is 0 Å². The van der Waals surface area contributed by atoms with Crippen LogP contribution in [0.15, 0.2) is 60.0 Å². The van der Waals surface area contributed by atoms with Crippen molar-refractivity contribution >= 4 is 33.0 Å². The molecule has 0 saturated carbocycles. The highest BCUT2D eigenvalue weighted by atomic mass is 32.2. The standard InChI is InChI=1S/C22H22N2O4S2/c1-28-20-8-4-16(5-9-20)15-30(26,27)23-19-7-6-17-10-11-24(14-18(17)13-19)22(25)21-3-2-12-29-21/h2-9,12-13,23H,10-11,14-15H2,1H3. The van der Waals surface area contributed by atoms with E-state index in [1.807, 2.05) is 34.5 Å². The van der Waals surface area contributed by atoms with Crippen molar-refractivity contribution in [2.24, 2.45) is 0 Å². The molecule has 1 N–H and O–H groups in total. The van der Waals surface area contributed by atoms with E-state index in [0.29, 0.717) is 30.1 Å². The van der Waals surface area contributed by atoms with Gasteiger partial charge in [0.2, 0.25) is 10.0 Å². The van der Waals surface area contributed by atoms with Crippen LogP contribution in [0.1, 0.15) is 26.4 Å². The Balaban J connectivity index is 1.47. The number of hydrogen-bond donors (Lipinski definition) is 1. The van der Waals surface area contributed by atoms with Gasteiger partial charge < -0.3 is 9.64 Å². The van der Waals surface area contributed by atoms with E-state index in [9.17, 15) is 13.2 Å². The van der Waals surface area contributed by atoms with E-state index in [4.69, 9.17) is 4.74 Å². The lowest BCUT2D eigenvalue weighted by atomic mass is 9.99. The zero-order valence-electron chi connectivity index (χ0n) is 16.5. The second-order valence-corrected chi connectivity index (χ2v) is 9.82. The summed E-state index contributed by atoms with van der Waals surface area (Å²) < 4.78 is 33.0. The van der Waals surface area contributed by atoms with E-state index in [2.05, 4.69) is 4.72 Å². The third-order valence-electron chi connectivity index (χ3n) is 5.03. The van der Waals surface area contributed by atoms with Crippen LogP contribution >= 0.6 is 11.3 Å². The van der Waals surface area contributed by atoms with Crippen LogP contribution in [0, 0.1) is 0 Å². The maximum Gasteiger partial charge on any atom is 0.264 e. The Hall–Kier alpha value is -2.84. The molecule has 2 aromatic carbocycles. The number of carbonyl (C=O) groups is 1. The molecule has 3 aromatic rings. The predicted molar refractivity (Wildman–Crippen MR) is 118 cm³/mol. The highest BCUT2D eigenvalue weighted by Gasteiger charge is 2.23. The van der Waals surface area contributed by atoms with Crippen molar-refractivity contribution < 1.29 is 17.9 Å². The van der Waals surface area contributed by atoms with E-state index in [1.165, 1.54) is 11.3 Å². The first kappa shape index (κ1) is 20.4. The fourth-order valence-corrected chi connectivity index (χ4v) is 5.39. The molecule has 4 rings (SSSR count). The number of methoxy groups -OCH3 is 1. The Labute approximate surface area is 180 Å². The van der Waals surface area contributed by atoms with Gasteiger partial charge in [0.1, 0.15) is 5.75 Å². The largest absolute Gasteiger partial charge is 0.497 e. The number of nitrogens with zero attached hydrogens (tertiary/aromatic N) is 1. The van der Waals surface area contributed by atoms with Gasteiger partial charge in [-0.1, -0.05) is 24.3 Å². The monoisotopic (exact) mass is 442 g/mol. The molecule has 0 spiro atoms. The first-order valence-electron chi connectivity index (χ1n) is 9.51. The number of rotatable bonds is 6. The number of fused-ring (bicyclic) bond motifs is 1. The Morgan fingerprint density at radius 2 is 1.93 bits per heavy atom. The van der Waals surface area contributed by atoms with Crippen molar-refractivity contribution in [3.63, 3.8) is 0 Å². The number of amides is 1. The third-order valence-corrected chi connectivity index (χ3v) is 7.14. The fourth-order valence-electron chi connectivity index (χ4n) is 3.51. The van der Waals surface area contributed by atoms with Crippen molar-refractivity contribution in [3.8, 4) is 5.75 Å². The zero-order valence-corrected chi connectivity index (χ0v) is 18.1. The van der Waals surface area contributed by atoms with Crippen molar-refractivity contribution in [1.29, 1.82) is 0 Å². The van der Waals surface area contributed by atoms with Crippen molar-refractivity contribution in [2.75, 3.05) is 18.4 Å². The molecule has 156 valence electrons. The number of thiophene rings is 1. The fraction of sp³-hybridized carbons (Fsp3) is 0.227. The van der Waals surface area contributed by atoms with E-state index >= 15 is 0 Å². The minimum atomic E-state index is -3.57. The number of carbonyl (C=O) groups excluding carboxylic acids is 1. The van der Waals surface area contributed by atoms with E-state index in [0.717, 1.165) is 22.4 Å². The molecule has 1 aromatic heterocycles. The first-order chi connectivity index (χ1) is 14.4. The number of benzene rings is 2. The smallest absolute Gasteiger partial charge is 0.264 e. The quantitative estimate of drug-likeness (QED) is 0.628. The minimum Gasteiger partial charge on any atom is -0.497 e. The van der Waals surface area contributed by atoms with E-state index in [1.54, 1.807) is 37.4 Å². The summed E-state index contributed by atoms with van der Waals surface area (Å²) in [6.07, 6.45) is 0.755. The SMILES string of the molecule is COc1ccc(CS(=O)(=O)Nc2ccc3c(c2)CN(C(=O)c2cccs2)CC3)cc1. The van der Waals surface area contributed by atoms with Crippen molar-refractivity contribution in [1.82, 2.24) is 4.90 Å². The van der Waals surface area contributed by atoms with Crippen LogP contribution in [0.25, 0.3) is 0 Å². The summed E-state index contributed by atoms with van der Waals surface area (Å²) in [7, 11) is -2.00. The summed E-state index contributed by atoms with van der Waals surface area (Å²) >= 11 is 1.43. The highest BCUT2D eigenvalue weighted by Crippen LogP contribution is 2.25. The summed E-state index contributed by atoms with van der Waals surface area (Å²) in [4.78, 5) is 15.2. The Morgan fingerprint density at radius 1 is 1.13 bits per heavy atom. The van der Waals surface area contributed by atoms with Gasteiger partial charge in [0, 0.05) is 18.8 Å². The molecule has 1 amide bonds. The molecule has 2 heterocycles.